The number of hydrogen-bond acceptors (Lipinski definition) is 5. The van der Waals surface area contributed by atoms with E-state index in [1.54, 1.807) is 29.7 Å². The molecule has 0 spiro atoms. The summed E-state index contributed by atoms with van der Waals surface area (Å²) in [5, 5.41) is 19.3. The van der Waals surface area contributed by atoms with E-state index in [1.807, 2.05) is 18.2 Å². The number of hydroxylamine groups is 1. The van der Waals surface area contributed by atoms with Gasteiger partial charge in [-0.05, 0) is 34.0 Å². The zero-order valence-electron chi connectivity index (χ0n) is 14.4. The number of nitrogens with one attached hydrogen (secondary N) is 1. The topological polar surface area (TPSA) is 88.2 Å². The highest BCUT2D eigenvalue weighted by atomic mass is 16.5. The quantitative estimate of drug-likeness (QED) is 0.420. The smallest absolute Gasteiger partial charge is 0.274 e. The van der Waals surface area contributed by atoms with E-state index in [9.17, 15) is 4.79 Å². The van der Waals surface area contributed by atoms with Crippen LogP contribution in [0.2, 0.25) is 0 Å². The van der Waals surface area contributed by atoms with Crippen LogP contribution >= 0.6 is 0 Å². The Balaban J connectivity index is 1.49. The van der Waals surface area contributed by atoms with Crippen LogP contribution in [0.3, 0.4) is 0 Å². The number of benzene rings is 3. The van der Waals surface area contributed by atoms with Crippen LogP contribution in [0, 0.1) is 0 Å². The minimum Gasteiger partial charge on any atom is -0.425 e. The Hall–Kier alpha value is -3.51. The van der Waals surface area contributed by atoms with Gasteiger partial charge in [0.25, 0.3) is 5.91 Å². The van der Waals surface area contributed by atoms with Gasteiger partial charge >= 0.3 is 0 Å². The molecule has 4 rings (SSSR count). The number of carbonyl (C=O) groups is 1. The molecule has 0 aliphatic rings. The van der Waals surface area contributed by atoms with E-state index < -0.39 is 5.91 Å². The molecule has 0 aliphatic carbocycles. The summed E-state index contributed by atoms with van der Waals surface area (Å²) in [6.07, 6.45) is 1.05. The lowest BCUT2D eigenvalue weighted by Crippen LogP contribution is -2.18. The highest BCUT2D eigenvalue weighted by Crippen LogP contribution is 2.21. The van der Waals surface area contributed by atoms with Gasteiger partial charge in [-0.25, -0.2) is 5.48 Å². The van der Waals surface area contributed by atoms with Crippen LogP contribution in [0.1, 0.15) is 33.3 Å². The highest BCUT2D eigenvalue weighted by Gasteiger charge is 2.10. The summed E-state index contributed by atoms with van der Waals surface area (Å²) in [7, 11) is 0. The molecule has 0 saturated heterocycles. The molecular weight excluding hydrogens is 342 g/mol. The van der Waals surface area contributed by atoms with Crippen LogP contribution in [0.5, 0.6) is 0 Å². The van der Waals surface area contributed by atoms with Gasteiger partial charge in [0.1, 0.15) is 0 Å². The van der Waals surface area contributed by atoms with Gasteiger partial charge in [0, 0.05) is 5.56 Å². The third-order valence-corrected chi connectivity index (χ3v) is 4.40. The highest BCUT2D eigenvalue weighted by molar-refractivity contribution is 5.93. The second kappa shape index (κ2) is 7.39. The van der Waals surface area contributed by atoms with E-state index in [4.69, 9.17) is 9.62 Å². The van der Waals surface area contributed by atoms with Crippen molar-refractivity contribution in [1.82, 2.24) is 15.7 Å². The van der Waals surface area contributed by atoms with E-state index in [0.717, 1.165) is 11.1 Å². The molecule has 0 aliphatic heterocycles. The second-order valence-electron chi connectivity index (χ2n) is 6.22. The maximum absolute atomic E-state index is 11.4. The Morgan fingerprint density at radius 3 is 2.37 bits per heavy atom. The van der Waals surface area contributed by atoms with Gasteiger partial charge in [0.05, 0.1) is 12.8 Å². The first-order valence-corrected chi connectivity index (χ1v) is 8.54. The molecule has 3 aromatic carbocycles. The Kier molecular flexibility index (Phi) is 4.63. The lowest BCUT2D eigenvalue weighted by atomic mass is 10.0. The average Bonchev–Trinajstić information content (AvgIpc) is 3.15. The molecule has 0 atom stereocenters. The number of hydrogen-bond donors (Lipinski definition) is 2. The van der Waals surface area contributed by atoms with Crippen molar-refractivity contribution in [3.05, 3.63) is 95.2 Å². The van der Waals surface area contributed by atoms with Crippen molar-refractivity contribution in [2.75, 3.05) is 0 Å². The van der Waals surface area contributed by atoms with Gasteiger partial charge in [-0.2, -0.15) is 0 Å². The fourth-order valence-electron chi connectivity index (χ4n) is 3.05. The summed E-state index contributed by atoms with van der Waals surface area (Å²) in [5.74, 6) is 0.541. The Bertz CT molecular complexity index is 1080. The molecule has 6 nitrogen and oxygen atoms in total. The molecule has 0 fully saturated rings. The zero-order chi connectivity index (χ0) is 18.6. The standard InChI is InChI=1S/C21H17N3O3/c25-21(24-26)16-10-8-14(9-11-16)12-19-22-23-20(27-19)13-17-6-3-5-15-4-1-2-7-18(15)17/h1-11,26H,12-13H2,(H,24,25). The molecule has 2 N–H and O–H groups in total. The van der Waals surface area contributed by atoms with Gasteiger partial charge in [-0.1, -0.05) is 54.6 Å². The number of aromatic nitrogens is 2. The minimum atomic E-state index is -0.545. The van der Waals surface area contributed by atoms with Crippen molar-refractivity contribution < 1.29 is 14.4 Å². The lowest BCUT2D eigenvalue weighted by molar-refractivity contribution is 0.0706. The van der Waals surface area contributed by atoms with Crippen molar-refractivity contribution in [3.8, 4) is 0 Å². The van der Waals surface area contributed by atoms with Crippen LogP contribution in [-0.2, 0) is 12.8 Å². The number of rotatable bonds is 5. The van der Waals surface area contributed by atoms with Crippen molar-refractivity contribution in [3.63, 3.8) is 0 Å². The summed E-state index contributed by atoms with van der Waals surface area (Å²) in [5.41, 5.74) is 4.06. The van der Waals surface area contributed by atoms with Gasteiger partial charge < -0.3 is 4.42 Å². The van der Waals surface area contributed by atoms with Crippen molar-refractivity contribution >= 4 is 16.7 Å². The predicted octanol–water partition coefficient (Wildman–Crippen LogP) is 3.52. The first-order chi connectivity index (χ1) is 13.2. The van der Waals surface area contributed by atoms with Crippen molar-refractivity contribution in [2.45, 2.75) is 12.8 Å². The van der Waals surface area contributed by atoms with E-state index in [2.05, 4.69) is 34.5 Å². The SMILES string of the molecule is O=C(NO)c1ccc(Cc2nnc(Cc3cccc4ccccc34)o2)cc1. The molecule has 0 bridgehead atoms. The lowest BCUT2D eigenvalue weighted by Gasteiger charge is -2.03. The summed E-state index contributed by atoms with van der Waals surface area (Å²) in [6, 6.07) is 21.2. The maximum atomic E-state index is 11.4. The van der Waals surface area contributed by atoms with Gasteiger partial charge in [-0.15, -0.1) is 10.2 Å². The Morgan fingerprint density at radius 1 is 0.889 bits per heavy atom. The summed E-state index contributed by atoms with van der Waals surface area (Å²) in [6.45, 7) is 0. The molecule has 1 heterocycles. The Morgan fingerprint density at radius 2 is 1.59 bits per heavy atom. The third kappa shape index (κ3) is 3.70. The number of nitrogens with zero attached hydrogens (tertiary/aromatic N) is 2. The summed E-state index contributed by atoms with van der Waals surface area (Å²) in [4.78, 5) is 11.4. The van der Waals surface area contributed by atoms with Crippen LogP contribution in [-0.4, -0.2) is 21.3 Å². The molecule has 27 heavy (non-hydrogen) atoms. The average molecular weight is 359 g/mol. The molecule has 6 heteroatoms. The third-order valence-electron chi connectivity index (χ3n) is 4.40. The molecule has 134 valence electrons. The van der Waals surface area contributed by atoms with Crippen LogP contribution in [0.15, 0.2) is 71.1 Å². The van der Waals surface area contributed by atoms with Gasteiger partial charge in [0.2, 0.25) is 11.8 Å². The van der Waals surface area contributed by atoms with Crippen molar-refractivity contribution in [1.29, 1.82) is 0 Å². The number of fused-ring (bicyclic) bond motifs is 1. The van der Waals surface area contributed by atoms with Crippen LogP contribution in [0.4, 0.5) is 0 Å². The first kappa shape index (κ1) is 16.9. The van der Waals surface area contributed by atoms with E-state index in [1.165, 1.54) is 10.8 Å². The number of amides is 1. The molecule has 0 unspecified atom stereocenters. The van der Waals surface area contributed by atoms with E-state index in [0.29, 0.717) is 30.2 Å². The van der Waals surface area contributed by atoms with Gasteiger partial charge in [-0.3, -0.25) is 10.0 Å². The molecule has 4 aromatic rings. The summed E-state index contributed by atoms with van der Waals surface area (Å²) >= 11 is 0. The fourth-order valence-corrected chi connectivity index (χ4v) is 3.05. The molecular formula is C21H17N3O3. The monoisotopic (exact) mass is 359 g/mol. The van der Waals surface area contributed by atoms with Crippen LogP contribution in [0.25, 0.3) is 10.8 Å². The van der Waals surface area contributed by atoms with Crippen LogP contribution < -0.4 is 5.48 Å². The Labute approximate surface area is 155 Å². The van der Waals surface area contributed by atoms with Gasteiger partial charge in [0.15, 0.2) is 0 Å². The van der Waals surface area contributed by atoms with E-state index >= 15 is 0 Å². The molecule has 1 amide bonds. The van der Waals surface area contributed by atoms with Crippen molar-refractivity contribution in [2.24, 2.45) is 0 Å². The normalized spacial score (nSPS) is 10.9. The fraction of sp³-hybridized carbons (Fsp3) is 0.0952. The molecule has 0 radical (unpaired) electrons. The minimum absolute atomic E-state index is 0.378. The second-order valence-corrected chi connectivity index (χ2v) is 6.22. The summed E-state index contributed by atoms with van der Waals surface area (Å²) < 4.78 is 5.80. The number of carbonyl (C=O) groups excluding carboxylic acids is 1. The zero-order valence-corrected chi connectivity index (χ0v) is 14.4. The maximum Gasteiger partial charge on any atom is 0.274 e. The van der Waals surface area contributed by atoms with E-state index in [-0.39, 0.29) is 0 Å². The first-order valence-electron chi connectivity index (χ1n) is 8.54. The molecule has 1 aromatic heterocycles. The predicted molar refractivity (Wildman–Crippen MR) is 99.6 cm³/mol. The molecule has 0 saturated carbocycles. The largest absolute Gasteiger partial charge is 0.425 e.